The standard InChI is InChI=1S/C27H21N3O3S/c1-33-21-11-7-10-20(15-21)30-26(32)23(25(31)28-27(30)34)14-19-17-29(16-18-8-3-2-4-9-18)24-13-6-5-12-22(19)24/h2-15,17H,16H2,1H3,(H,28,31,34)/b23-14+. The van der Waals surface area contributed by atoms with E-state index in [0.29, 0.717) is 18.0 Å². The Kier molecular flexibility index (Phi) is 5.69. The Bertz CT molecular complexity index is 1460. The zero-order valence-corrected chi connectivity index (χ0v) is 19.2. The molecule has 1 saturated heterocycles. The van der Waals surface area contributed by atoms with E-state index in [4.69, 9.17) is 17.0 Å². The highest BCUT2D eigenvalue weighted by atomic mass is 32.1. The number of anilines is 1. The van der Waals surface area contributed by atoms with E-state index in [2.05, 4.69) is 22.0 Å². The first-order chi connectivity index (χ1) is 16.5. The predicted molar refractivity (Wildman–Crippen MR) is 137 cm³/mol. The zero-order chi connectivity index (χ0) is 23.7. The first-order valence-electron chi connectivity index (χ1n) is 10.7. The van der Waals surface area contributed by atoms with Crippen molar-refractivity contribution in [2.45, 2.75) is 6.54 Å². The van der Waals surface area contributed by atoms with E-state index >= 15 is 0 Å². The fourth-order valence-electron chi connectivity index (χ4n) is 4.10. The van der Waals surface area contributed by atoms with Crippen LogP contribution in [0.4, 0.5) is 5.69 Å². The molecule has 1 N–H and O–H groups in total. The third kappa shape index (κ3) is 3.97. The summed E-state index contributed by atoms with van der Waals surface area (Å²) in [6, 6.07) is 25.0. The number of amides is 2. The topological polar surface area (TPSA) is 63.6 Å². The van der Waals surface area contributed by atoms with Crippen LogP contribution in [0.15, 0.2) is 90.6 Å². The van der Waals surface area contributed by atoms with Gasteiger partial charge in [-0.1, -0.05) is 54.6 Å². The molecule has 0 aliphatic carbocycles. The molecule has 3 aromatic carbocycles. The van der Waals surface area contributed by atoms with Gasteiger partial charge in [0.1, 0.15) is 11.3 Å². The van der Waals surface area contributed by atoms with Gasteiger partial charge in [-0.05, 0) is 42.1 Å². The number of carbonyl (C=O) groups excluding carboxylic acids is 2. The molecule has 0 saturated carbocycles. The fraction of sp³-hybridized carbons (Fsp3) is 0.0741. The molecule has 4 aromatic rings. The summed E-state index contributed by atoms with van der Waals surface area (Å²) in [7, 11) is 1.55. The van der Waals surface area contributed by atoms with E-state index in [9.17, 15) is 9.59 Å². The number of nitrogens with zero attached hydrogens (tertiary/aromatic N) is 2. The molecule has 5 rings (SSSR count). The van der Waals surface area contributed by atoms with Crippen LogP contribution in [0.2, 0.25) is 0 Å². The number of rotatable bonds is 5. The van der Waals surface area contributed by atoms with E-state index in [1.807, 2.05) is 48.7 Å². The van der Waals surface area contributed by atoms with Crippen molar-refractivity contribution in [1.29, 1.82) is 0 Å². The Morgan fingerprint density at radius 1 is 0.971 bits per heavy atom. The number of hydrogen-bond acceptors (Lipinski definition) is 4. The van der Waals surface area contributed by atoms with E-state index in [1.54, 1.807) is 37.5 Å². The molecular formula is C27H21N3O3S. The summed E-state index contributed by atoms with van der Waals surface area (Å²) in [5, 5.41) is 3.63. The van der Waals surface area contributed by atoms with Crippen molar-refractivity contribution >= 4 is 51.8 Å². The molecule has 0 atom stereocenters. The molecule has 1 aromatic heterocycles. The average molecular weight is 468 g/mol. The van der Waals surface area contributed by atoms with Gasteiger partial charge in [0.05, 0.1) is 12.8 Å². The minimum atomic E-state index is -0.519. The number of nitrogens with one attached hydrogen (secondary N) is 1. The van der Waals surface area contributed by atoms with E-state index in [0.717, 1.165) is 22.0 Å². The lowest BCUT2D eigenvalue weighted by Gasteiger charge is -2.29. The summed E-state index contributed by atoms with van der Waals surface area (Å²) in [5.74, 6) is -0.421. The van der Waals surface area contributed by atoms with E-state index in [-0.39, 0.29) is 10.7 Å². The van der Waals surface area contributed by atoms with Crippen LogP contribution in [0.3, 0.4) is 0 Å². The van der Waals surface area contributed by atoms with Gasteiger partial charge in [-0.25, -0.2) is 0 Å². The summed E-state index contributed by atoms with van der Waals surface area (Å²) in [6.45, 7) is 0.671. The number of hydrogen-bond donors (Lipinski definition) is 1. The maximum absolute atomic E-state index is 13.4. The Hall–Kier alpha value is -4.23. The molecule has 7 heteroatoms. The number of carbonyl (C=O) groups is 2. The van der Waals surface area contributed by atoms with Crippen molar-refractivity contribution < 1.29 is 14.3 Å². The largest absolute Gasteiger partial charge is 0.497 e. The van der Waals surface area contributed by atoms with Gasteiger partial charge < -0.3 is 9.30 Å². The fourth-order valence-corrected chi connectivity index (χ4v) is 4.38. The molecule has 1 aliphatic rings. The Morgan fingerprint density at radius 3 is 2.53 bits per heavy atom. The minimum absolute atomic E-state index is 0.0130. The van der Waals surface area contributed by atoms with Crippen LogP contribution in [-0.4, -0.2) is 28.6 Å². The summed E-state index contributed by atoms with van der Waals surface area (Å²) in [6.07, 6.45) is 3.60. The normalized spacial score (nSPS) is 15.1. The number of para-hydroxylation sites is 1. The van der Waals surface area contributed by atoms with Gasteiger partial charge in [-0.3, -0.25) is 19.8 Å². The Labute approximate surface area is 202 Å². The summed E-state index contributed by atoms with van der Waals surface area (Å²) in [4.78, 5) is 27.6. The Balaban J connectivity index is 1.57. The van der Waals surface area contributed by atoms with Crippen LogP contribution in [-0.2, 0) is 16.1 Å². The van der Waals surface area contributed by atoms with Crippen LogP contribution in [0, 0.1) is 0 Å². The Morgan fingerprint density at radius 2 is 1.74 bits per heavy atom. The number of benzene rings is 3. The monoisotopic (exact) mass is 467 g/mol. The highest BCUT2D eigenvalue weighted by Crippen LogP contribution is 2.28. The van der Waals surface area contributed by atoms with Crippen LogP contribution in [0.1, 0.15) is 11.1 Å². The highest BCUT2D eigenvalue weighted by molar-refractivity contribution is 7.80. The van der Waals surface area contributed by atoms with Gasteiger partial charge in [0.25, 0.3) is 11.8 Å². The summed E-state index contributed by atoms with van der Waals surface area (Å²) >= 11 is 5.32. The van der Waals surface area contributed by atoms with Gasteiger partial charge in [0, 0.05) is 35.3 Å². The van der Waals surface area contributed by atoms with Crippen LogP contribution >= 0.6 is 12.2 Å². The third-order valence-corrected chi connectivity index (χ3v) is 6.01. The first-order valence-corrected chi connectivity index (χ1v) is 11.1. The van der Waals surface area contributed by atoms with Gasteiger partial charge >= 0.3 is 0 Å². The number of methoxy groups -OCH3 is 1. The second-order valence-electron chi connectivity index (χ2n) is 7.87. The molecule has 2 amide bonds. The van der Waals surface area contributed by atoms with E-state index < -0.39 is 11.8 Å². The molecule has 0 spiro atoms. The molecule has 0 unspecified atom stereocenters. The molecule has 1 aliphatic heterocycles. The number of aromatic nitrogens is 1. The quantitative estimate of drug-likeness (QED) is 0.266. The van der Waals surface area contributed by atoms with Crippen LogP contribution < -0.4 is 15.0 Å². The molecule has 0 bridgehead atoms. The van der Waals surface area contributed by atoms with Gasteiger partial charge in [0.2, 0.25) is 0 Å². The third-order valence-electron chi connectivity index (χ3n) is 5.73. The van der Waals surface area contributed by atoms with Crippen molar-refractivity contribution in [3.63, 3.8) is 0 Å². The lowest BCUT2D eigenvalue weighted by Crippen LogP contribution is -2.54. The van der Waals surface area contributed by atoms with Gasteiger partial charge in [0.15, 0.2) is 5.11 Å². The lowest BCUT2D eigenvalue weighted by molar-refractivity contribution is -0.122. The van der Waals surface area contributed by atoms with Crippen molar-refractivity contribution in [3.05, 3.63) is 102 Å². The van der Waals surface area contributed by atoms with Crippen LogP contribution in [0.5, 0.6) is 5.75 Å². The van der Waals surface area contributed by atoms with Gasteiger partial charge in [-0.2, -0.15) is 0 Å². The molecule has 34 heavy (non-hydrogen) atoms. The highest BCUT2D eigenvalue weighted by Gasteiger charge is 2.34. The number of ether oxygens (including phenoxy) is 1. The number of fused-ring (bicyclic) bond motifs is 1. The molecule has 168 valence electrons. The maximum atomic E-state index is 13.4. The van der Waals surface area contributed by atoms with Gasteiger partial charge in [-0.15, -0.1) is 0 Å². The SMILES string of the molecule is COc1cccc(N2C(=O)/C(=C/c3cn(Cc4ccccc4)c4ccccc34)C(=O)NC2=S)c1. The van der Waals surface area contributed by atoms with Crippen LogP contribution in [0.25, 0.3) is 17.0 Å². The van der Waals surface area contributed by atoms with Crippen molar-refractivity contribution in [2.24, 2.45) is 0 Å². The second-order valence-corrected chi connectivity index (χ2v) is 8.26. The maximum Gasteiger partial charge on any atom is 0.270 e. The molecule has 1 fully saturated rings. The van der Waals surface area contributed by atoms with E-state index in [1.165, 1.54) is 4.90 Å². The predicted octanol–water partition coefficient (Wildman–Crippen LogP) is 4.53. The van der Waals surface area contributed by atoms with Crippen molar-refractivity contribution in [2.75, 3.05) is 12.0 Å². The second kappa shape index (κ2) is 8.96. The molecular weight excluding hydrogens is 446 g/mol. The lowest BCUT2D eigenvalue weighted by atomic mass is 10.1. The summed E-state index contributed by atoms with van der Waals surface area (Å²) < 4.78 is 7.39. The molecule has 2 heterocycles. The zero-order valence-electron chi connectivity index (χ0n) is 18.4. The smallest absolute Gasteiger partial charge is 0.270 e. The summed E-state index contributed by atoms with van der Waals surface area (Å²) in [5.41, 5.74) is 3.49. The minimum Gasteiger partial charge on any atom is -0.497 e. The van der Waals surface area contributed by atoms with Crippen molar-refractivity contribution in [1.82, 2.24) is 9.88 Å². The first kappa shape index (κ1) is 21.6. The molecule has 0 radical (unpaired) electrons. The molecule has 6 nitrogen and oxygen atoms in total. The number of thiocarbonyl (C=S) groups is 1. The van der Waals surface area contributed by atoms with Crippen molar-refractivity contribution in [3.8, 4) is 5.75 Å². The average Bonchev–Trinajstić information content (AvgIpc) is 3.19.